The standard InChI is InChI=1S/C10H21ClN2/c1-10(2)13-8-6-12(7-9-13)5-3-4-11/h10H,3-9H2,1-2H3. The van der Waals surface area contributed by atoms with Gasteiger partial charge in [0, 0.05) is 38.1 Å². The van der Waals surface area contributed by atoms with Crippen LogP contribution in [-0.2, 0) is 0 Å². The van der Waals surface area contributed by atoms with Crippen LogP contribution in [0.1, 0.15) is 20.3 Å². The molecule has 1 heterocycles. The Balaban J connectivity index is 2.15. The number of alkyl halides is 1. The predicted octanol–water partition coefficient (Wildman–Crippen LogP) is 1.64. The molecule has 0 aromatic carbocycles. The normalized spacial score (nSPS) is 21.2. The van der Waals surface area contributed by atoms with E-state index in [1.165, 1.54) is 32.7 Å². The van der Waals surface area contributed by atoms with Gasteiger partial charge in [-0.05, 0) is 26.8 Å². The molecule has 78 valence electrons. The van der Waals surface area contributed by atoms with Gasteiger partial charge in [-0.1, -0.05) is 0 Å². The maximum atomic E-state index is 5.66. The van der Waals surface area contributed by atoms with Gasteiger partial charge in [-0.3, -0.25) is 4.90 Å². The highest BCUT2D eigenvalue weighted by atomic mass is 35.5. The fourth-order valence-corrected chi connectivity index (χ4v) is 1.91. The minimum absolute atomic E-state index is 0.704. The van der Waals surface area contributed by atoms with Gasteiger partial charge in [0.25, 0.3) is 0 Å². The van der Waals surface area contributed by atoms with Crippen molar-refractivity contribution in [3.8, 4) is 0 Å². The summed E-state index contributed by atoms with van der Waals surface area (Å²) in [5.74, 6) is 0.796. The fraction of sp³-hybridized carbons (Fsp3) is 1.00. The van der Waals surface area contributed by atoms with E-state index < -0.39 is 0 Å². The predicted molar refractivity (Wildman–Crippen MR) is 58.5 cm³/mol. The van der Waals surface area contributed by atoms with E-state index in [2.05, 4.69) is 23.6 Å². The van der Waals surface area contributed by atoms with Gasteiger partial charge in [-0.25, -0.2) is 0 Å². The Morgan fingerprint density at radius 2 is 1.77 bits per heavy atom. The first-order valence-electron chi connectivity index (χ1n) is 5.26. The molecule has 1 fully saturated rings. The maximum Gasteiger partial charge on any atom is 0.0235 e. The summed E-state index contributed by atoms with van der Waals surface area (Å²) in [5, 5.41) is 0. The van der Waals surface area contributed by atoms with Crippen molar-refractivity contribution in [3.05, 3.63) is 0 Å². The second-order valence-corrected chi connectivity index (χ2v) is 4.39. The van der Waals surface area contributed by atoms with Gasteiger partial charge in [0.05, 0.1) is 0 Å². The molecule has 0 saturated carbocycles. The summed E-state index contributed by atoms with van der Waals surface area (Å²) in [4.78, 5) is 5.05. The van der Waals surface area contributed by atoms with Gasteiger partial charge >= 0.3 is 0 Å². The topological polar surface area (TPSA) is 6.48 Å². The lowest BCUT2D eigenvalue weighted by atomic mass is 10.2. The van der Waals surface area contributed by atoms with Crippen molar-refractivity contribution in [2.75, 3.05) is 38.6 Å². The molecule has 0 aromatic heterocycles. The minimum atomic E-state index is 0.704. The van der Waals surface area contributed by atoms with E-state index in [0.29, 0.717) is 6.04 Å². The molecular formula is C10H21ClN2. The summed E-state index contributed by atoms with van der Waals surface area (Å²) in [6.07, 6.45) is 1.13. The maximum absolute atomic E-state index is 5.66. The molecule has 0 atom stereocenters. The summed E-state index contributed by atoms with van der Waals surface area (Å²) in [7, 11) is 0. The minimum Gasteiger partial charge on any atom is -0.301 e. The van der Waals surface area contributed by atoms with E-state index >= 15 is 0 Å². The molecular weight excluding hydrogens is 184 g/mol. The van der Waals surface area contributed by atoms with Crippen LogP contribution in [0, 0.1) is 0 Å². The van der Waals surface area contributed by atoms with Crippen LogP contribution in [-0.4, -0.2) is 54.4 Å². The molecule has 0 spiro atoms. The Kier molecular flexibility index (Phi) is 5.07. The Labute approximate surface area is 86.8 Å². The van der Waals surface area contributed by atoms with Crippen molar-refractivity contribution in [3.63, 3.8) is 0 Å². The van der Waals surface area contributed by atoms with Gasteiger partial charge in [-0.15, -0.1) is 11.6 Å². The first kappa shape index (κ1) is 11.3. The van der Waals surface area contributed by atoms with Crippen LogP contribution in [0.5, 0.6) is 0 Å². The molecule has 0 radical (unpaired) electrons. The molecule has 2 nitrogen and oxygen atoms in total. The van der Waals surface area contributed by atoms with Gasteiger partial charge in [0.2, 0.25) is 0 Å². The second kappa shape index (κ2) is 5.84. The molecule has 13 heavy (non-hydrogen) atoms. The number of piperazine rings is 1. The Morgan fingerprint density at radius 3 is 2.23 bits per heavy atom. The first-order valence-corrected chi connectivity index (χ1v) is 5.80. The molecule has 0 aromatic rings. The summed E-state index contributed by atoms with van der Waals surface area (Å²) in [6, 6.07) is 0.704. The number of rotatable bonds is 4. The highest BCUT2D eigenvalue weighted by Crippen LogP contribution is 2.06. The molecule has 0 bridgehead atoms. The third-order valence-electron chi connectivity index (χ3n) is 2.75. The zero-order valence-electron chi connectivity index (χ0n) is 8.80. The summed E-state index contributed by atoms with van der Waals surface area (Å²) >= 11 is 5.66. The van der Waals surface area contributed by atoms with Crippen LogP contribution in [0.3, 0.4) is 0 Å². The van der Waals surface area contributed by atoms with Crippen molar-refractivity contribution in [2.24, 2.45) is 0 Å². The van der Waals surface area contributed by atoms with Gasteiger partial charge < -0.3 is 4.90 Å². The van der Waals surface area contributed by atoms with Crippen LogP contribution in [0.15, 0.2) is 0 Å². The third-order valence-corrected chi connectivity index (χ3v) is 3.01. The first-order chi connectivity index (χ1) is 6.24. The number of nitrogens with zero attached hydrogens (tertiary/aromatic N) is 2. The van der Waals surface area contributed by atoms with E-state index in [1.54, 1.807) is 0 Å². The van der Waals surface area contributed by atoms with Crippen molar-refractivity contribution in [2.45, 2.75) is 26.3 Å². The molecule has 0 unspecified atom stereocenters. The van der Waals surface area contributed by atoms with E-state index in [4.69, 9.17) is 11.6 Å². The van der Waals surface area contributed by atoms with E-state index in [1.807, 2.05) is 0 Å². The molecule has 0 aliphatic carbocycles. The van der Waals surface area contributed by atoms with Crippen LogP contribution >= 0.6 is 11.6 Å². The third kappa shape index (κ3) is 3.84. The fourth-order valence-electron chi connectivity index (χ4n) is 1.79. The van der Waals surface area contributed by atoms with Crippen molar-refractivity contribution < 1.29 is 0 Å². The lowest BCUT2D eigenvalue weighted by Gasteiger charge is -2.36. The molecule has 0 amide bonds. The molecule has 3 heteroatoms. The number of hydrogen-bond donors (Lipinski definition) is 0. The Bertz CT molecular complexity index is 131. The van der Waals surface area contributed by atoms with E-state index in [-0.39, 0.29) is 0 Å². The van der Waals surface area contributed by atoms with Crippen LogP contribution in [0.4, 0.5) is 0 Å². The molecule has 1 saturated heterocycles. The summed E-state index contributed by atoms with van der Waals surface area (Å²) in [5.41, 5.74) is 0. The highest BCUT2D eigenvalue weighted by Gasteiger charge is 2.17. The number of halogens is 1. The van der Waals surface area contributed by atoms with E-state index in [0.717, 1.165) is 12.3 Å². The van der Waals surface area contributed by atoms with Gasteiger partial charge in [0.15, 0.2) is 0 Å². The SMILES string of the molecule is CC(C)N1CCN(CCCCl)CC1. The second-order valence-electron chi connectivity index (χ2n) is 4.01. The smallest absolute Gasteiger partial charge is 0.0235 e. The molecule has 1 aliphatic rings. The zero-order valence-corrected chi connectivity index (χ0v) is 9.56. The van der Waals surface area contributed by atoms with Gasteiger partial charge in [0.1, 0.15) is 0 Å². The Morgan fingerprint density at radius 1 is 1.15 bits per heavy atom. The zero-order chi connectivity index (χ0) is 9.68. The Hall–Kier alpha value is 0.210. The molecule has 1 aliphatic heterocycles. The quantitative estimate of drug-likeness (QED) is 0.643. The van der Waals surface area contributed by atoms with Crippen LogP contribution < -0.4 is 0 Å². The van der Waals surface area contributed by atoms with Crippen molar-refractivity contribution in [1.29, 1.82) is 0 Å². The lowest BCUT2D eigenvalue weighted by Crippen LogP contribution is -2.48. The summed E-state index contributed by atoms with van der Waals surface area (Å²) < 4.78 is 0. The molecule has 1 rings (SSSR count). The number of hydrogen-bond acceptors (Lipinski definition) is 2. The monoisotopic (exact) mass is 204 g/mol. The van der Waals surface area contributed by atoms with Gasteiger partial charge in [-0.2, -0.15) is 0 Å². The van der Waals surface area contributed by atoms with E-state index in [9.17, 15) is 0 Å². The average Bonchev–Trinajstić information content (AvgIpc) is 2.15. The average molecular weight is 205 g/mol. The lowest BCUT2D eigenvalue weighted by molar-refractivity contribution is 0.109. The highest BCUT2D eigenvalue weighted by molar-refractivity contribution is 6.17. The van der Waals surface area contributed by atoms with Crippen molar-refractivity contribution in [1.82, 2.24) is 9.80 Å². The summed E-state index contributed by atoms with van der Waals surface area (Å²) in [6.45, 7) is 10.6. The van der Waals surface area contributed by atoms with Crippen molar-refractivity contribution >= 4 is 11.6 Å². The van der Waals surface area contributed by atoms with Crippen LogP contribution in [0.2, 0.25) is 0 Å². The largest absolute Gasteiger partial charge is 0.301 e. The molecule has 0 N–H and O–H groups in total. The van der Waals surface area contributed by atoms with Crippen LogP contribution in [0.25, 0.3) is 0 Å².